The second-order valence-corrected chi connectivity index (χ2v) is 19.9. The van der Waals surface area contributed by atoms with E-state index in [1.54, 1.807) is 32.9 Å². The number of aliphatic hydroxyl groups excluding tert-OH is 1. The number of ketones is 2. The van der Waals surface area contributed by atoms with Crippen LogP contribution in [0.5, 0.6) is 0 Å². The topological polar surface area (TPSA) is 78.8 Å². The molecule has 384 valence electrons. The highest BCUT2D eigenvalue weighted by Gasteiger charge is 2.40. The van der Waals surface area contributed by atoms with Crippen molar-refractivity contribution in [1.82, 2.24) is 5.32 Å². The Bertz CT molecular complexity index is 1690. The first kappa shape index (κ1) is 67.6. The van der Waals surface area contributed by atoms with Crippen molar-refractivity contribution >= 4 is 23.4 Å². The summed E-state index contributed by atoms with van der Waals surface area (Å²) in [5.74, 6) is 2.75. The zero-order valence-electron chi connectivity index (χ0n) is 47.0. The van der Waals surface area contributed by atoms with Crippen molar-refractivity contribution in [2.45, 2.75) is 233 Å². The lowest BCUT2D eigenvalue weighted by Gasteiger charge is -2.36. The first-order valence-electron chi connectivity index (χ1n) is 26.4. The summed E-state index contributed by atoms with van der Waals surface area (Å²) in [4.78, 5) is 29.1. The molecule has 0 amide bonds. The summed E-state index contributed by atoms with van der Waals surface area (Å²) in [7, 11) is 0. The maximum Gasteiger partial charge on any atom is 0.163 e. The van der Waals surface area contributed by atoms with Gasteiger partial charge in [-0.2, -0.15) is 0 Å². The molecule has 1 aliphatic rings. The Kier molecular flexibility index (Phi) is 39.6. The quantitative estimate of drug-likeness (QED) is 0.0615. The van der Waals surface area contributed by atoms with Gasteiger partial charge in [0.2, 0.25) is 0 Å². The summed E-state index contributed by atoms with van der Waals surface area (Å²) in [5.41, 5.74) is 6.32. The van der Waals surface area contributed by atoms with Crippen molar-refractivity contribution in [1.29, 1.82) is 0 Å². The molecule has 0 radical (unpaired) electrons. The highest BCUT2D eigenvalue weighted by atomic mass is 19.1. The molecule has 1 unspecified atom stereocenters. The van der Waals surface area contributed by atoms with Crippen LogP contribution in [-0.4, -0.2) is 29.0 Å². The van der Waals surface area contributed by atoms with Gasteiger partial charge < -0.3 is 10.4 Å². The van der Waals surface area contributed by atoms with Crippen LogP contribution in [0.2, 0.25) is 0 Å². The number of unbranched alkanes of at least 4 members (excludes halogenated alkanes) is 4. The summed E-state index contributed by atoms with van der Waals surface area (Å²) in [5, 5.41) is 12.1. The molecular formula is C61H105FN2O3. The number of nitrogens with one attached hydrogen (secondary N) is 1. The molecule has 1 atom stereocenters. The normalized spacial score (nSPS) is 16.0. The van der Waals surface area contributed by atoms with Gasteiger partial charge in [-0.15, -0.1) is 0 Å². The average molecular weight is 934 g/mol. The van der Waals surface area contributed by atoms with Gasteiger partial charge in [0, 0.05) is 23.7 Å². The van der Waals surface area contributed by atoms with Crippen LogP contribution in [0.25, 0.3) is 5.57 Å². The Hall–Kier alpha value is -3.64. The molecule has 0 heterocycles. The van der Waals surface area contributed by atoms with Crippen LogP contribution in [0.4, 0.5) is 4.39 Å². The summed E-state index contributed by atoms with van der Waals surface area (Å²) >= 11 is 0. The van der Waals surface area contributed by atoms with E-state index < -0.39 is 17.3 Å². The van der Waals surface area contributed by atoms with Crippen LogP contribution < -0.4 is 5.32 Å². The van der Waals surface area contributed by atoms with Gasteiger partial charge >= 0.3 is 0 Å². The second-order valence-electron chi connectivity index (χ2n) is 19.9. The number of benzene rings is 1. The maximum atomic E-state index is 14.3. The molecule has 0 aromatic heterocycles. The molecule has 1 aromatic rings. The number of aryl methyl sites for hydroxylation is 1. The van der Waals surface area contributed by atoms with Gasteiger partial charge in [0.15, 0.2) is 5.78 Å². The van der Waals surface area contributed by atoms with Crippen molar-refractivity contribution in [3.05, 3.63) is 101 Å². The molecular weight excluding hydrogens is 828 g/mol. The Balaban J connectivity index is -0.00000121. The van der Waals surface area contributed by atoms with Crippen molar-refractivity contribution < 1.29 is 19.1 Å². The van der Waals surface area contributed by atoms with E-state index >= 15 is 0 Å². The first-order valence-corrected chi connectivity index (χ1v) is 26.4. The number of halogens is 1. The summed E-state index contributed by atoms with van der Waals surface area (Å²) in [6.07, 6.45) is 24.0. The molecule has 1 aromatic carbocycles. The largest absolute Gasteiger partial charge is 0.385 e. The van der Waals surface area contributed by atoms with Gasteiger partial charge in [-0.1, -0.05) is 193 Å². The zero-order chi connectivity index (χ0) is 52.3. The predicted octanol–water partition coefficient (Wildman–Crippen LogP) is 18.3. The minimum Gasteiger partial charge on any atom is -0.385 e. The third-order valence-electron chi connectivity index (χ3n) is 11.8. The SMILES string of the molecule is C=C/C(F)=C(\C=C/C)N/C(C)=C(C)/C(=C\C(=C)c1ccc(C(CCC)(CCC)C(=O)C(C)C)c(C)c1)N=CCC.CC(C)C.CCC(O)C(=O)C(C)C.CCC1CC(C)C1.CCCCCCC. The maximum absolute atomic E-state index is 14.3. The number of aliphatic hydroxyl groups is 1. The number of aliphatic imine (C=N–C) groups is 1. The molecule has 0 spiro atoms. The summed E-state index contributed by atoms with van der Waals surface area (Å²) in [6.45, 7) is 47.1. The van der Waals surface area contributed by atoms with Crippen LogP contribution in [0.1, 0.15) is 231 Å². The van der Waals surface area contributed by atoms with E-state index in [2.05, 4.69) is 106 Å². The van der Waals surface area contributed by atoms with Crippen LogP contribution in [0, 0.1) is 36.5 Å². The number of carbonyl (C=O) groups excluding carboxylic acids is 2. The van der Waals surface area contributed by atoms with E-state index in [0.717, 1.165) is 89.1 Å². The number of Topliss-reactive ketones (excluding diaryl/α,β-unsaturated/α-hetero) is 2. The van der Waals surface area contributed by atoms with Crippen LogP contribution in [0.15, 0.2) is 89.1 Å². The van der Waals surface area contributed by atoms with E-state index in [1.807, 2.05) is 53.8 Å². The van der Waals surface area contributed by atoms with E-state index in [1.165, 1.54) is 57.4 Å². The van der Waals surface area contributed by atoms with Gasteiger partial charge in [-0.25, -0.2) is 4.39 Å². The Morgan fingerprint density at radius 1 is 0.896 bits per heavy atom. The lowest BCUT2D eigenvalue weighted by atomic mass is 9.66. The molecule has 2 rings (SSSR count). The van der Waals surface area contributed by atoms with Gasteiger partial charge in [0.05, 0.1) is 16.8 Å². The molecule has 1 fully saturated rings. The van der Waals surface area contributed by atoms with Gasteiger partial charge in [0.1, 0.15) is 17.7 Å². The summed E-state index contributed by atoms with van der Waals surface area (Å²) < 4.78 is 14.3. The molecule has 67 heavy (non-hydrogen) atoms. The molecule has 5 nitrogen and oxygen atoms in total. The number of nitrogens with zero attached hydrogens (tertiary/aromatic N) is 1. The van der Waals surface area contributed by atoms with Gasteiger partial charge in [0.25, 0.3) is 0 Å². The standard InChI is InChI=1S/C36H51FN2O.C7H14O2.C7H14.C7H16.C4H10/c1-12-17-33(32(37)16-5)39-29(11)28(10)34(38-22-15-4)24-26(8)30-18-19-31(27(9)23-30)36(20-13-2,21-14-3)35(40)25(6)7;1-4-6(8)7(9)5(2)3;1-3-7-4-6(2)5-7;1-3-5-7-6-4-2;1-4(2)3/h12,16-19,22-25,39H,5,8,13-15,20-21H2,1-4,6-7,9-11H3;5-6,8H,4H2,1-3H3;6-7H,3-5H2,1-2H3;3-7H2,1-2H3;4H,1-3H3/b17-12-,29-28+,33-32-,34-24+,38-22?;;;;. The fraction of sp³-hybridized carbons (Fsp3) is 0.656. The number of allylic oxidation sites excluding steroid dienone is 8. The number of hydrogen-bond acceptors (Lipinski definition) is 5. The lowest BCUT2D eigenvalue weighted by molar-refractivity contribution is -0.130. The molecule has 0 saturated heterocycles. The monoisotopic (exact) mass is 933 g/mol. The molecule has 0 aliphatic heterocycles. The second kappa shape index (κ2) is 39.2. The molecule has 0 bridgehead atoms. The lowest BCUT2D eigenvalue weighted by Crippen LogP contribution is -2.39. The molecule has 6 heteroatoms. The third-order valence-corrected chi connectivity index (χ3v) is 11.8. The Morgan fingerprint density at radius 2 is 1.43 bits per heavy atom. The van der Waals surface area contributed by atoms with Crippen LogP contribution in [-0.2, 0) is 15.0 Å². The van der Waals surface area contributed by atoms with Crippen LogP contribution in [0.3, 0.4) is 0 Å². The van der Waals surface area contributed by atoms with Gasteiger partial charge in [-0.05, 0) is 130 Å². The Morgan fingerprint density at radius 3 is 1.78 bits per heavy atom. The molecule has 2 N–H and O–H groups in total. The average Bonchev–Trinajstić information content (AvgIpc) is 3.28. The minimum absolute atomic E-state index is 0.0243. The van der Waals surface area contributed by atoms with Crippen molar-refractivity contribution in [3.63, 3.8) is 0 Å². The van der Waals surface area contributed by atoms with Crippen molar-refractivity contribution in [2.75, 3.05) is 0 Å². The smallest absolute Gasteiger partial charge is 0.163 e. The van der Waals surface area contributed by atoms with Crippen LogP contribution >= 0.6 is 0 Å². The van der Waals surface area contributed by atoms with E-state index in [4.69, 9.17) is 10.1 Å². The highest BCUT2D eigenvalue weighted by Crippen LogP contribution is 2.40. The number of rotatable bonds is 24. The predicted molar refractivity (Wildman–Crippen MR) is 296 cm³/mol. The highest BCUT2D eigenvalue weighted by molar-refractivity contribution is 5.92. The van der Waals surface area contributed by atoms with Crippen molar-refractivity contribution in [2.24, 2.45) is 34.6 Å². The number of carbonyl (C=O) groups is 2. The minimum atomic E-state index is -0.745. The van der Waals surface area contributed by atoms with E-state index in [-0.39, 0.29) is 17.6 Å². The fourth-order valence-electron chi connectivity index (χ4n) is 7.87. The molecule has 1 aliphatic carbocycles. The Labute approximate surface area is 414 Å². The zero-order valence-corrected chi connectivity index (χ0v) is 47.0. The molecule has 1 saturated carbocycles. The summed E-state index contributed by atoms with van der Waals surface area (Å²) in [6, 6.07) is 6.35. The van der Waals surface area contributed by atoms with Gasteiger partial charge in [-0.3, -0.25) is 14.6 Å². The fourth-order valence-corrected chi connectivity index (χ4v) is 7.87. The van der Waals surface area contributed by atoms with E-state index in [0.29, 0.717) is 17.9 Å². The first-order chi connectivity index (χ1) is 31.5. The van der Waals surface area contributed by atoms with Crippen molar-refractivity contribution in [3.8, 4) is 0 Å². The third kappa shape index (κ3) is 27.8. The number of hydrogen-bond donors (Lipinski definition) is 2. The van der Waals surface area contributed by atoms with E-state index in [9.17, 15) is 14.0 Å².